The number of hydrogen-bond acceptors (Lipinski definition) is 4. The lowest BCUT2D eigenvalue weighted by atomic mass is 9.85. The van der Waals surface area contributed by atoms with Crippen molar-refractivity contribution in [3.63, 3.8) is 0 Å². The Morgan fingerprint density at radius 2 is 2.05 bits per heavy atom. The second-order valence-electron chi connectivity index (χ2n) is 5.61. The summed E-state index contributed by atoms with van der Waals surface area (Å²) in [6, 6.07) is 2.53. The van der Waals surface area contributed by atoms with Gasteiger partial charge in [0.25, 0.3) is 5.91 Å². The maximum atomic E-state index is 12.2. The molecule has 1 aromatic heterocycles. The van der Waals surface area contributed by atoms with Gasteiger partial charge in [-0.05, 0) is 24.0 Å². The highest BCUT2D eigenvalue weighted by Gasteiger charge is 2.28. The van der Waals surface area contributed by atoms with Crippen LogP contribution in [0.5, 0.6) is 0 Å². The molecule has 1 amide bonds. The van der Waals surface area contributed by atoms with E-state index in [1.165, 1.54) is 18.3 Å². The lowest BCUT2D eigenvalue weighted by Gasteiger charge is -2.31. The molecule has 1 atom stereocenters. The highest BCUT2D eigenvalue weighted by Crippen LogP contribution is 2.22. The van der Waals surface area contributed by atoms with E-state index in [2.05, 4.69) is 10.3 Å². The number of amides is 1. The van der Waals surface area contributed by atoms with Gasteiger partial charge >= 0.3 is 5.97 Å². The molecule has 1 heterocycles. The number of nitrogens with one attached hydrogen (secondary N) is 1. The molecule has 0 saturated carbocycles. The zero-order chi connectivity index (χ0) is 15.3. The van der Waals surface area contributed by atoms with E-state index in [0.29, 0.717) is 6.42 Å². The highest BCUT2D eigenvalue weighted by atomic mass is 16.4. The van der Waals surface area contributed by atoms with E-state index < -0.39 is 11.9 Å². The molecular formula is C14H20N2O4. The molecule has 6 heteroatoms. The van der Waals surface area contributed by atoms with Crippen LogP contribution >= 0.6 is 0 Å². The van der Waals surface area contributed by atoms with Gasteiger partial charge in [-0.15, -0.1) is 0 Å². The Morgan fingerprint density at radius 3 is 2.55 bits per heavy atom. The van der Waals surface area contributed by atoms with Crippen molar-refractivity contribution in [3.05, 3.63) is 29.6 Å². The molecule has 0 aliphatic heterocycles. The van der Waals surface area contributed by atoms with E-state index in [1.807, 2.05) is 20.8 Å². The normalized spacial score (nSPS) is 12.8. The summed E-state index contributed by atoms with van der Waals surface area (Å²) in [7, 11) is 0. The van der Waals surface area contributed by atoms with E-state index in [1.54, 1.807) is 0 Å². The number of carboxylic acid groups (broad SMARTS) is 1. The van der Waals surface area contributed by atoms with Crippen molar-refractivity contribution >= 4 is 11.9 Å². The summed E-state index contributed by atoms with van der Waals surface area (Å²) >= 11 is 0. The SMILES string of the molecule is CC(C)(C)C(CCO)NC(=O)c1ncccc1C(=O)O. The van der Waals surface area contributed by atoms with Gasteiger partial charge in [0.05, 0.1) is 5.56 Å². The largest absolute Gasteiger partial charge is 0.478 e. The van der Waals surface area contributed by atoms with Crippen molar-refractivity contribution in [1.29, 1.82) is 0 Å². The second kappa shape index (κ2) is 6.47. The van der Waals surface area contributed by atoms with Gasteiger partial charge in [-0.2, -0.15) is 0 Å². The Hall–Kier alpha value is -1.95. The van der Waals surface area contributed by atoms with Crippen LogP contribution < -0.4 is 5.32 Å². The molecule has 1 rings (SSSR count). The first-order chi connectivity index (χ1) is 9.27. The molecule has 1 aromatic rings. The van der Waals surface area contributed by atoms with Crippen LogP contribution in [-0.4, -0.2) is 39.7 Å². The molecule has 20 heavy (non-hydrogen) atoms. The molecule has 0 fully saturated rings. The number of aromatic nitrogens is 1. The number of rotatable bonds is 5. The summed E-state index contributed by atoms with van der Waals surface area (Å²) < 4.78 is 0. The van der Waals surface area contributed by atoms with Crippen molar-refractivity contribution < 1.29 is 19.8 Å². The number of carbonyl (C=O) groups excluding carboxylic acids is 1. The highest BCUT2D eigenvalue weighted by molar-refractivity contribution is 6.03. The van der Waals surface area contributed by atoms with Gasteiger partial charge in [0.1, 0.15) is 5.69 Å². The van der Waals surface area contributed by atoms with Crippen molar-refractivity contribution in [1.82, 2.24) is 10.3 Å². The fourth-order valence-corrected chi connectivity index (χ4v) is 1.84. The summed E-state index contributed by atoms with van der Waals surface area (Å²) in [4.78, 5) is 27.1. The Balaban J connectivity index is 2.98. The summed E-state index contributed by atoms with van der Waals surface area (Å²) in [5.74, 6) is -1.74. The van der Waals surface area contributed by atoms with Gasteiger partial charge in [0.15, 0.2) is 0 Å². The molecule has 6 nitrogen and oxygen atoms in total. The zero-order valence-corrected chi connectivity index (χ0v) is 11.9. The van der Waals surface area contributed by atoms with E-state index >= 15 is 0 Å². The molecule has 0 aromatic carbocycles. The molecule has 110 valence electrons. The minimum absolute atomic E-state index is 0.0593. The lowest BCUT2D eigenvalue weighted by Crippen LogP contribution is -2.44. The average molecular weight is 280 g/mol. The number of hydrogen-bond donors (Lipinski definition) is 3. The number of pyridine rings is 1. The van der Waals surface area contributed by atoms with Gasteiger partial charge in [-0.3, -0.25) is 9.78 Å². The van der Waals surface area contributed by atoms with Crippen LogP contribution in [-0.2, 0) is 0 Å². The smallest absolute Gasteiger partial charge is 0.338 e. The molecule has 0 aliphatic rings. The third-order valence-corrected chi connectivity index (χ3v) is 3.02. The van der Waals surface area contributed by atoms with Crippen LogP contribution in [0.3, 0.4) is 0 Å². The first-order valence-electron chi connectivity index (χ1n) is 6.37. The standard InChI is InChI=1S/C14H20N2O4/c1-14(2,3)10(6-8-17)16-12(18)11-9(13(19)20)5-4-7-15-11/h4-5,7,10,17H,6,8H2,1-3H3,(H,16,18)(H,19,20). The first-order valence-corrected chi connectivity index (χ1v) is 6.37. The van der Waals surface area contributed by atoms with Crippen LogP contribution in [0.25, 0.3) is 0 Å². The van der Waals surface area contributed by atoms with Crippen LogP contribution in [0.15, 0.2) is 18.3 Å². The number of aliphatic hydroxyl groups is 1. The minimum atomic E-state index is -1.20. The Labute approximate surface area is 117 Å². The third kappa shape index (κ3) is 4.03. The van der Waals surface area contributed by atoms with E-state index in [4.69, 9.17) is 10.2 Å². The van der Waals surface area contributed by atoms with Crippen molar-refractivity contribution in [2.45, 2.75) is 33.2 Å². The maximum absolute atomic E-state index is 12.2. The minimum Gasteiger partial charge on any atom is -0.478 e. The van der Waals surface area contributed by atoms with Crippen molar-refractivity contribution in [3.8, 4) is 0 Å². The summed E-state index contributed by atoms with van der Waals surface area (Å²) in [6.07, 6.45) is 1.77. The first kappa shape index (κ1) is 16.1. The fraction of sp³-hybridized carbons (Fsp3) is 0.500. The fourth-order valence-electron chi connectivity index (χ4n) is 1.84. The molecule has 1 unspecified atom stereocenters. The molecule has 0 saturated heterocycles. The number of carbonyl (C=O) groups is 2. The monoisotopic (exact) mass is 280 g/mol. The number of aliphatic hydroxyl groups excluding tert-OH is 1. The zero-order valence-electron chi connectivity index (χ0n) is 11.9. The number of carboxylic acids is 1. The Kier molecular flexibility index (Phi) is 5.21. The van der Waals surface area contributed by atoms with Gasteiger partial charge in [0.2, 0.25) is 0 Å². The molecule has 0 radical (unpaired) electrons. The van der Waals surface area contributed by atoms with Crippen molar-refractivity contribution in [2.75, 3.05) is 6.61 Å². The predicted molar refractivity (Wildman–Crippen MR) is 73.6 cm³/mol. The maximum Gasteiger partial charge on any atom is 0.338 e. The molecule has 0 bridgehead atoms. The van der Waals surface area contributed by atoms with Gasteiger partial charge in [-0.25, -0.2) is 4.79 Å². The van der Waals surface area contributed by atoms with E-state index in [-0.39, 0.29) is 29.3 Å². The topological polar surface area (TPSA) is 99.5 Å². The molecule has 3 N–H and O–H groups in total. The second-order valence-corrected chi connectivity index (χ2v) is 5.61. The van der Waals surface area contributed by atoms with Crippen LogP contribution in [0.2, 0.25) is 0 Å². The van der Waals surface area contributed by atoms with Gasteiger partial charge in [0, 0.05) is 18.8 Å². The van der Waals surface area contributed by atoms with Crippen LogP contribution in [0, 0.1) is 5.41 Å². The molecule has 0 spiro atoms. The molecule has 0 aliphatic carbocycles. The predicted octanol–water partition coefficient (Wildman–Crippen LogP) is 1.31. The van der Waals surface area contributed by atoms with Crippen molar-refractivity contribution in [2.24, 2.45) is 5.41 Å². The number of nitrogens with zero attached hydrogens (tertiary/aromatic N) is 1. The Bertz CT molecular complexity index is 494. The lowest BCUT2D eigenvalue weighted by molar-refractivity contribution is 0.0687. The summed E-state index contributed by atoms with van der Waals surface area (Å²) in [5, 5.41) is 20.9. The average Bonchev–Trinajstić information content (AvgIpc) is 2.37. The number of aromatic carboxylic acids is 1. The van der Waals surface area contributed by atoms with Gasteiger partial charge < -0.3 is 15.5 Å². The Morgan fingerprint density at radius 1 is 1.40 bits per heavy atom. The molecular weight excluding hydrogens is 260 g/mol. The summed E-state index contributed by atoms with van der Waals surface area (Å²) in [5.41, 5.74) is -0.509. The van der Waals surface area contributed by atoms with E-state index in [0.717, 1.165) is 0 Å². The summed E-state index contributed by atoms with van der Waals surface area (Å²) in [6.45, 7) is 5.74. The van der Waals surface area contributed by atoms with Crippen LogP contribution in [0.1, 0.15) is 48.0 Å². The van der Waals surface area contributed by atoms with Gasteiger partial charge in [-0.1, -0.05) is 20.8 Å². The quantitative estimate of drug-likeness (QED) is 0.755. The van der Waals surface area contributed by atoms with E-state index in [9.17, 15) is 9.59 Å². The third-order valence-electron chi connectivity index (χ3n) is 3.02. The van der Waals surface area contributed by atoms with Crippen LogP contribution in [0.4, 0.5) is 0 Å².